The van der Waals surface area contributed by atoms with Gasteiger partial charge in [0, 0.05) is 44.0 Å². The Bertz CT molecular complexity index is 1260. The molecule has 8 nitrogen and oxygen atoms in total. The largest absolute Gasteiger partial charge is 0.445 e. The molecule has 1 fully saturated rings. The molecule has 8 heteroatoms. The first-order valence-corrected chi connectivity index (χ1v) is 10.7. The number of rotatable bonds is 5. The van der Waals surface area contributed by atoms with Crippen LogP contribution in [0.5, 0.6) is 0 Å². The fraction of sp³-hybridized carbons (Fsp3) is 0.348. The van der Waals surface area contributed by atoms with Crippen molar-refractivity contribution in [2.45, 2.75) is 44.7 Å². The highest BCUT2D eigenvalue weighted by Crippen LogP contribution is 2.36. The lowest BCUT2D eigenvalue weighted by Gasteiger charge is -2.25. The third-order valence-corrected chi connectivity index (χ3v) is 6.01. The molecule has 5 heterocycles. The van der Waals surface area contributed by atoms with Crippen LogP contribution in [0.3, 0.4) is 0 Å². The van der Waals surface area contributed by atoms with E-state index >= 15 is 0 Å². The molecule has 4 aromatic rings. The molecule has 4 aromatic heterocycles. The summed E-state index contributed by atoms with van der Waals surface area (Å²) in [6.07, 6.45) is 11.7. The number of aromatic nitrogens is 5. The summed E-state index contributed by atoms with van der Waals surface area (Å²) in [5, 5.41) is 0. The number of oxazole rings is 1. The normalized spacial score (nSPS) is 15.9. The topological polar surface area (TPSA) is 89.9 Å². The molecule has 1 saturated carbocycles. The van der Waals surface area contributed by atoms with Gasteiger partial charge in [-0.3, -0.25) is 9.78 Å². The van der Waals surface area contributed by atoms with E-state index in [1.54, 1.807) is 12.4 Å². The summed E-state index contributed by atoms with van der Waals surface area (Å²) in [7, 11) is 0. The molecule has 0 N–H and O–H groups in total. The number of hydrogen-bond donors (Lipinski definition) is 0. The molecule has 0 unspecified atom stereocenters. The Morgan fingerprint density at radius 2 is 2.13 bits per heavy atom. The van der Waals surface area contributed by atoms with E-state index in [-0.39, 0.29) is 5.91 Å². The quantitative estimate of drug-likeness (QED) is 0.498. The van der Waals surface area contributed by atoms with Crippen LogP contribution in [0.4, 0.5) is 0 Å². The number of carbonyl (C=O) groups excluding carboxylic acids is 1. The second-order valence-electron chi connectivity index (χ2n) is 8.27. The van der Waals surface area contributed by atoms with Crippen LogP contribution in [0, 0.1) is 0 Å². The summed E-state index contributed by atoms with van der Waals surface area (Å²) in [5.41, 5.74) is 4.21. The lowest BCUT2D eigenvalue weighted by Crippen LogP contribution is -2.35. The van der Waals surface area contributed by atoms with Gasteiger partial charge in [-0.05, 0) is 37.0 Å². The van der Waals surface area contributed by atoms with Gasteiger partial charge in [-0.1, -0.05) is 6.07 Å². The Balaban J connectivity index is 1.16. The van der Waals surface area contributed by atoms with Gasteiger partial charge in [-0.25, -0.2) is 15.0 Å². The molecular formula is C23H22N6O2. The minimum atomic E-state index is -0.0408. The number of pyridine rings is 2. The summed E-state index contributed by atoms with van der Waals surface area (Å²) >= 11 is 0. The van der Waals surface area contributed by atoms with E-state index in [9.17, 15) is 4.79 Å². The van der Waals surface area contributed by atoms with Gasteiger partial charge in [0.15, 0.2) is 11.5 Å². The molecule has 1 aliphatic carbocycles. The molecule has 2 aliphatic rings. The fourth-order valence-corrected chi connectivity index (χ4v) is 4.17. The summed E-state index contributed by atoms with van der Waals surface area (Å²) in [6.45, 7) is 1.07. The predicted octanol–water partition coefficient (Wildman–Crippen LogP) is 3.13. The highest BCUT2D eigenvalue weighted by atomic mass is 16.4. The van der Waals surface area contributed by atoms with Crippen LogP contribution in [0.25, 0.3) is 11.2 Å². The third-order valence-electron chi connectivity index (χ3n) is 6.01. The summed E-state index contributed by atoms with van der Waals surface area (Å²) < 4.78 is 8.07. The molecule has 0 spiro atoms. The van der Waals surface area contributed by atoms with Crippen molar-refractivity contribution in [1.82, 2.24) is 29.4 Å². The van der Waals surface area contributed by atoms with Gasteiger partial charge in [0.05, 0.1) is 18.4 Å². The SMILES string of the molecule is O=C(c1cnc2c(c1)ncn2C1CC1)N1CCc2oc(CCc3cccnc3)nc2C1. The van der Waals surface area contributed by atoms with E-state index in [0.717, 1.165) is 46.9 Å². The maximum atomic E-state index is 13.1. The van der Waals surface area contributed by atoms with Gasteiger partial charge >= 0.3 is 0 Å². The zero-order valence-corrected chi connectivity index (χ0v) is 17.1. The van der Waals surface area contributed by atoms with E-state index in [4.69, 9.17) is 4.42 Å². The van der Waals surface area contributed by atoms with Gasteiger partial charge in [-0.15, -0.1) is 0 Å². The molecule has 0 bridgehead atoms. The Kier molecular flexibility index (Phi) is 4.29. The van der Waals surface area contributed by atoms with Crippen molar-refractivity contribution in [3.05, 3.63) is 71.6 Å². The van der Waals surface area contributed by atoms with Gasteiger partial charge in [-0.2, -0.15) is 0 Å². The molecule has 0 atom stereocenters. The van der Waals surface area contributed by atoms with Crippen LogP contribution in [-0.4, -0.2) is 41.9 Å². The zero-order chi connectivity index (χ0) is 20.8. The third kappa shape index (κ3) is 3.48. The summed E-state index contributed by atoms with van der Waals surface area (Å²) in [6, 6.07) is 6.34. The van der Waals surface area contributed by atoms with Crippen LogP contribution >= 0.6 is 0 Å². The summed E-state index contributed by atoms with van der Waals surface area (Å²) in [5.74, 6) is 1.57. The van der Waals surface area contributed by atoms with Crippen LogP contribution in [0.1, 0.15) is 52.1 Å². The minimum Gasteiger partial charge on any atom is -0.445 e. The number of fused-ring (bicyclic) bond motifs is 2. The maximum absolute atomic E-state index is 13.1. The van der Waals surface area contributed by atoms with Crippen molar-refractivity contribution in [3.63, 3.8) is 0 Å². The average molecular weight is 414 g/mol. The van der Waals surface area contributed by atoms with Crippen molar-refractivity contribution >= 4 is 17.1 Å². The molecule has 0 saturated heterocycles. The molecule has 0 radical (unpaired) electrons. The van der Waals surface area contributed by atoms with E-state index in [1.165, 1.54) is 12.8 Å². The molecule has 156 valence electrons. The fourth-order valence-electron chi connectivity index (χ4n) is 4.17. The van der Waals surface area contributed by atoms with Crippen LogP contribution < -0.4 is 0 Å². The van der Waals surface area contributed by atoms with E-state index in [0.29, 0.717) is 31.1 Å². The van der Waals surface area contributed by atoms with Crippen LogP contribution in [0.2, 0.25) is 0 Å². The van der Waals surface area contributed by atoms with Crippen LogP contribution in [0.15, 0.2) is 47.5 Å². The van der Waals surface area contributed by atoms with Crippen molar-refractivity contribution in [2.75, 3.05) is 6.54 Å². The molecule has 6 rings (SSSR count). The minimum absolute atomic E-state index is 0.0408. The monoisotopic (exact) mass is 414 g/mol. The number of aryl methyl sites for hydroxylation is 2. The van der Waals surface area contributed by atoms with Crippen molar-refractivity contribution in [1.29, 1.82) is 0 Å². The Morgan fingerprint density at radius 3 is 2.97 bits per heavy atom. The van der Waals surface area contributed by atoms with E-state index in [2.05, 4.69) is 30.6 Å². The van der Waals surface area contributed by atoms with Gasteiger partial charge < -0.3 is 13.9 Å². The average Bonchev–Trinajstić information content (AvgIpc) is 3.43. The number of hydrogen-bond acceptors (Lipinski definition) is 6. The second kappa shape index (κ2) is 7.30. The predicted molar refractivity (Wildman–Crippen MR) is 112 cm³/mol. The standard InChI is InChI=1S/C23H22N6O2/c30-23(16-10-18-22(25-12-16)29(14-26-18)17-4-5-17)28-9-7-20-19(13-28)27-21(31-20)6-3-15-2-1-8-24-11-15/h1-2,8,10-12,14,17H,3-7,9,13H2. The highest BCUT2D eigenvalue weighted by Gasteiger charge is 2.28. The molecule has 31 heavy (non-hydrogen) atoms. The molecule has 1 amide bonds. The molecule has 0 aromatic carbocycles. The number of amides is 1. The van der Waals surface area contributed by atoms with Gasteiger partial charge in [0.1, 0.15) is 17.0 Å². The van der Waals surface area contributed by atoms with E-state index in [1.807, 2.05) is 29.6 Å². The van der Waals surface area contributed by atoms with E-state index < -0.39 is 0 Å². The van der Waals surface area contributed by atoms with Crippen LogP contribution in [-0.2, 0) is 25.8 Å². The zero-order valence-electron chi connectivity index (χ0n) is 17.1. The van der Waals surface area contributed by atoms with Crippen molar-refractivity contribution < 1.29 is 9.21 Å². The molecule has 1 aliphatic heterocycles. The van der Waals surface area contributed by atoms with Crippen molar-refractivity contribution in [3.8, 4) is 0 Å². The number of carbonyl (C=O) groups is 1. The first-order chi connectivity index (χ1) is 15.2. The van der Waals surface area contributed by atoms with Crippen molar-refractivity contribution in [2.24, 2.45) is 0 Å². The smallest absolute Gasteiger partial charge is 0.255 e. The second-order valence-corrected chi connectivity index (χ2v) is 8.27. The lowest BCUT2D eigenvalue weighted by molar-refractivity contribution is 0.0727. The first-order valence-electron chi connectivity index (χ1n) is 10.7. The molecular weight excluding hydrogens is 392 g/mol. The summed E-state index contributed by atoms with van der Waals surface area (Å²) in [4.78, 5) is 32.7. The maximum Gasteiger partial charge on any atom is 0.255 e. The van der Waals surface area contributed by atoms with Gasteiger partial charge in [0.25, 0.3) is 5.91 Å². The highest BCUT2D eigenvalue weighted by molar-refractivity contribution is 5.96. The first kappa shape index (κ1) is 18.2. The number of nitrogens with zero attached hydrogens (tertiary/aromatic N) is 6. The lowest BCUT2D eigenvalue weighted by atomic mass is 10.1. The number of imidazole rings is 1. The Morgan fingerprint density at radius 1 is 1.19 bits per heavy atom. The Hall–Kier alpha value is -3.55. The van der Waals surface area contributed by atoms with Gasteiger partial charge in [0.2, 0.25) is 0 Å². The Labute approximate surface area is 179 Å².